The van der Waals surface area contributed by atoms with Crippen LogP contribution in [0.3, 0.4) is 0 Å². The van der Waals surface area contributed by atoms with Gasteiger partial charge in [-0.1, -0.05) is 68.7 Å². The SMILES string of the molecule is CCCCCCCCCc1cc(Cl)ccc1Cl. The molecule has 0 nitrogen and oxygen atoms in total. The van der Waals surface area contributed by atoms with Gasteiger partial charge < -0.3 is 0 Å². The van der Waals surface area contributed by atoms with Gasteiger partial charge in [-0.05, 0) is 36.6 Å². The molecule has 0 aromatic heterocycles. The average molecular weight is 273 g/mol. The topological polar surface area (TPSA) is 0 Å². The van der Waals surface area contributed by atoms with E-state index in [1.165, 1.54) is 50.5 Å². The molecule has 0 saturated carbocycles. The Morgan fingerprint density at radius 2 is 1.53 bits per heavy atom. The van der Waals surface area contributed by atoms with Gasteiger partial charge in [-0.15, -0.1) is 0 Å². The third-order valence-electron chi connectivity index (χ3n) is 3.06. The second-order valence-corrected chi connectivity index (χ2v) is 5.45. The van der Waals surface area contributed by atoms with Crippen molar-refractivity contribution in [2.24, 2.45) is 0 Å². The summed E-state index contributed by atoms with van der Waals surface area (Å²) in [4.78, 5) is 0. The summed E-state index contributed by atoms with van der Waals surface area (Å²) in [5.41, 5.74) is 1.19. The standard InChI is InChI=1S/C15H22Cl2/c1-2-3-4-5-6-7-8-9-13-12-14(16)10-11-15(13)17/h10-12H,2-9H2,1H3. The molecule has 1 aromatic rings. The van der Waals surface area contributed by atoms with Gasteiger partial charge in [0, 0.05) is 10.0 Å². The summed E-state index contributed by atoms with van der Waals surface area (Å²) in [6, 6.07) is 5.72. The number of halogens is 2. The molecular weight excluding hydrogens is 251 g/mol. The predicted octanol–water partition coefficient (Wildman–Crippen LogP) is 6.29. The molecule has 96 valence electrons. The minimum Gasteiger partial charge on any atom is -0.0843 e. The Kier molecular flexibility index (Phi) is 7.72. The van der Waals surface area contributed by atoms with Crippen LogP contribution in [0.15, 0.2) is 18.2 Å². The molecule has 0 bridgehead atoms. The molecule has 0 amide bonds. The summed E-state index contributed by atoms with van der Waals surface area (Å²) >= 11 is 12.1. The second-order valence-electron chi connectivity index (χ2n) is 4.61. The fourth-order valence-corrected chi connectivity index (χ4v) is 2.41. The van der Waals surface area contributed by atoms with Gasteiger partial charge in [-0.25, -0.2) is 0 Å². The Bertz CT molecular complexity index is 321. The average Bonchev–Trinajstić information content (AvgIpc) is 2.32. The van der Waals surface area contributed by atoms with Crippen molar-refractivity contribution in [3.05, 3.63) is 33.8 Å². The monoisotopic (exact) mass is 272 g/mol. The Morgan fingerprint density at radius 1 is 0.882 bits per heavy atom. The molecule has 0 aliphatic rings. The van der Waals surface area contributed by atoms with Crippen LogP contribution >= 0.6 is 23.2 Å². The van der Waals surface area contributed by atoms with Crippen molar-refractivity contribution >= 4 is 23.2 Å². The molecule has 0 aliphatic heterocycles. The van der Waals surface area contributed by atoms with Gasteiger partial charge in [-0.3, -0.25) is 0 Å². The maximum absolute atomic E-state index is 6.12. The highest BCUT2D eigenvalue weighted by Gasteiger charge is 2.01. The van der Waals surface area contributed by atoms with E-state index in [1.54, 1.807) is 0 Å². The minimum atomic E-state index is 0.785. The van der Waals surface area contributed by atoms with Crippen LogP contribution in [0.5, 0.6) is 0 Å². The lowest BCUT2D eigenvalue weighted by Crippen LogP contribution is -1.88. The van der Waals surface area contributed by atoms with Crippen molar-refractivity contribution in [3.63, 3.8) is 0 Å². The van der Waals surface area contributed by atoms with Crippen molar-refractivity contribution in [1.29, 1.82) is 0 Å². The van der Waals surface area contributed by atoms with Crippen molar-refractivity contribution < 1.29 is 0 Å². The van der Waals surface area contributed by atoms with E-state index in [2.05, 4.69) is 6.92 Å². The fourth-order valence-electron chi connectivity index (χ4n) is 2.01. The summed E-state index contributed by atoms with van der Waals surface area (Å²) in [5, 5.41) is 1.63. The molecule has 0 radical (unpaired) electrons. The number of benzene rings is 1. The molecule has 0 atom stereocenters. The van der Waals surface area contributed by atoms with Gasteiger partial charge in [0.05, 0.1) is 0 Å². The fraction of sp³-hybridized carbons (Fsp3) is 0.600. The summed E-state index contributed by atoms with van der Waals surface area (Å²) in [5.74, 6) is 0. The van der Waals surface area contributed by atoms with Crippen LogP contribution in [0, 0.1) is 0 Å². The number of aryl methyl sites for hydroxylation is 1. The summed E-state index contributed by atoms with van der Waals surface area (Å²) in [7, 11) is 0. The number of unbranched alkanes of at least 4 members (excludes halogenated alkanes) is 6. The van der Waals surface area contributed by atoms with E-state index < -0.39 is 0 Å². The zero-order chi connectivity index (χ0) is 12.5. The van der Waals surface area contributed by atoms with Gasteiger partial charge in [0.25, 0.3) is 0 Å². The van der Waals surface area contributed by atoms with Gasteiger partial charge in [0.2, 0.25) is 0 Å². The Balaban J connectivity index is 2.15. The van der Waals surface area contributed by atoms with Crippen molar-refractivity contribution in [1.82, 2.24) is 0 Å². The number of hydrogen-bond donors (Lipinski definition) is 0. The Morgan fingerprint density at radius 3 is 2.24 bits per heavy atom. The molecule has 0 saturated heterocycles. The largest absolute Gasteiger partial charge is 0.0843 e. The molecule has 17 heavy (non-hydrogen) atoms. The third kappa shape index (κ3) is 6.33. The highest BCUT2D eigenvalue weighted by atomic mass is 35.5. The van der Waals surface area contributed by atoms with Crippen molar-refractivity contribution in [2.75, 3.05) is 0 Å². The molecule has 0 fully saturated rings. The van der Waals surface area contributed by atoms with Crippen LogP contribution in [0.4, 0.5) is 0 Å². The first-order valence-corrected chi connectivity index (χ1v) is 7.43. The van der Waals surface area contributed by atoms with Crippen LogP contribution in [-0.4, -0.2) is 0 Å². The second kappa shape index (κ2) is 8.83. The lowest BCUT2D eigenvalue weighted by molar-refractivity contribution is 0.589. The van der Waals surface area contributed by atoms with Crippen LogP contribution < -0.4 is 0 Å². The lowest BCUT2D eigenvalue weighted by atomic mass is 10.0. The number of hydrogen-bond acceptors (Lipinski definition) is 0. The first-order chi connectivity index (χ1) is 8.24. The van der Waals surface area contributed by atoms with Gasteiger partial charge in [-0.2, -0.15) is 0 Å². The van der Waals surface area contributed by atoms with E-state index in [1.807, 2.05) is 18.2 Å². The van der Waals surface area contributed by atoms with Crippen LogP contribution in [0.1, 0.15) is 57.4 Å². The van der Waals surface area contributed by atoms with Crippen molar-refractivity contribution in [3.8, 4) is 0 Å². The van der Waals surface area contributed by atoms with E-state index in [0.717, 1.165) is 16.5 Å². The van der Waals surface area contributed by atoms with E-state index in [4.69, 9.17) is 23.2 Å². The van der Waals surface area contributed by atoms with Crippen molar-refractivity contribution in [2.45, 2.75) is 58.3 Å². The molecule has 0 N–H and O–H groups in total. The predicted molar refractivity (Wildman–Crippen MR) is 78.2 cm³/mol. The zero-order valence-corrected chi connectivity index (χ0v) is 12.2. The van der Waals surface area contributed by atoms with E-state index in [-0.39, 0.29) is 0 Å². The summed E-state index contributed by atoms with van der Waals surface area (Å²) in [6.07, 6.45) is 10.4. The van der Waals surface area contributed by atoms with Crippen LogP contribution in [-0.2, 0) is 6.42 Å². The first-order valence-electron chi connectivity index (χ1n) is 6.68. The Labute approximate surface area is 115 Å². The smallest absolute Gasteiger partial charge is 0.0439 e. The lowest BCUT2D eigenvalue weighted by Gasteiger charge is -2.05. The molecule has 0 unspecified atom stereocenters. The summed E-state index contributed by atoms with van der Waals surface area (Å²) in [6.45, 7) is 2.25. The molecular formula is C15H22Cl2. The van der Waals surface area contributed by atoms with Gasteiger partial charge in [0.15, 0.2) is 0 Å². The molecule has 0 spiro atoms. The zero-order valence-electron chi connectivity index (χ0n) is 10.6. The van der Waals surface area contributed by atoms with Gasteiger partial charge >= 0.3 is 0 Å². The molecule has 0 heterocycles. The summed E-state index contributed by atoms with van der Waals surface area (Å²) < 4.78 is 0. The molecule has 0 aliphatic carbocycles. The Hall–Kier alpha value is -0.200. The molecule has 1 aromatic carbocycles. The quantitative estimate of drug-likeness (QED) is 0.488. The molecule has 1 rings (SSSR count). The van der Waals surface area contributed by atoms with E-state index in [0.29, 0.717) is 0 Å². The van der Waals surface area contributed by atoms with Crippen LogP contribution in [0.25, 0.3) is 0 Å². The highest BCUT2D eigenvalue weighted by Crippen LogP contribution is 2.22. The minimum absolute atomic E-state index is 0.785. The normalized spacial score (nSPS) is 10.8. The third-order valence-corrected chi connectivity index (χ3v) is 3.66. The first kappa shape index (κ1) is 14.9. The maximum Gasteiger partial charge on any atom is 0.0439 e. The number of rotatable bonds is 8. The highest BCUT2D eigenvalue weighted by molar-refractivity contribution is 6.33. The molecule has 2 heteroatoms. The van der Waals surface area contributed by atoms with E-state index in [9.17, 15) is 0 Å². The van der Waals surface area contributed by atoms with Crippen LogP contribution in [0.2, 0.25) is 10.0 Å². The maximum atomic E-state index is 6.12. The van der Waals surface area contributed by atoms with Gasteiger partial charge in [0.1, 0.15) is 0 Å². The van der Waals surface area contributed by atoms with E-state index >= 15 is 0 Å².